The summed E-state index contributed by atoms with van der Waals surface area (Å²) in [4.78, 5) is 69.6. The van der Waals surface area contributed by atoms with E-state index < -0.39 is 153 Å². The summed E-state index contributed by atoms with van der Waals surface area (Å²) < 4.78 is 191. The Hall–Kier alpha value is -8.74. The third-order valence-electron chi connectivity index (χ3n) is 20.6. The number of carbonyl (C=O) groups is 2. The number of hydrogen-bond acceptors (Lipinski definition) is 26. The topological polar surface area (TPSA) is 503 Å². The van der Waals surface area contributed by atoms with Crippen LogP contribution in [0.25, 0.3) is 9.69 Å². The molecule has 0 saturated heterocycles. The van der Waals surface area contributed by atoms with Gasteiger partial charge >= 0.3 is 24.8 Å². The molecule has 10 heterocycles. The molecule has 0 radical (unpaired) electrons. The molecule has 0 amide bonds. The van der Waals surface area contributed by atoms with Gasteiger partial charge in [-0.1, -0.05) is 32.4 Å². The summed E-state index contributed by atoms with van der Waals surface area (Å²) in [6, 6.07) is 23.3. The van der Waals surface area contributed by atoms with Crippen LogP contribution < -0.4 is 46.5 Å². The molecular weight excluding hydrogens is 2060 g/mol. The van der Waals surface area contributed by atoms with Crippen LogP contribution in [0, 0.1) is 82.6 Å². The number of halogens is 8. The zero-order valence-electron chi connectivity index (χ0n) is 82.9. The molecule has 7 aromatic heterocycles. The molecule has 0 bridgehead atoms. The van der Waals surface area contributed by atoms with E-state index in [1.54, 1.807) is 13.8 Å². The zero-order chi connectivity index (χ0) is 106. The molecule has 46 heteroatoms. The van der Waals surface area contributed by atoms with Crippen molar-refractivity contribution in [2.45, 2.75) is 244 Å². The zero-order valence-corrected chi connectivity index (χ0v) is 89.6. The average molecular weight is 2180 g/mol. The molecule has 0 saturated carbocycles. The van der Waals surface area contributed by atoms with Gasteiger partial charge in [0.15, 0.2) is 41.1 Å². The van der Waals surface area contributed by atoms with Gasteiger partial charge in [-0.3, -0.25) is 34.7 Å². The first-order valence-electron chi connectivity index (χ1n) is 42.0. The van der Waals surface area contributed by atoms with Gasteiger partial charge in [-0.05, 0) is 285 Å². The van der Waals surface area contributed by atoms with Crippen LogP contribution >= 0.6 is 57.5 Å². The van der Waals surface area contributed by atoms with Crippen LogP contribution in [-0.2, 0) is 80.1 Å². The van der Waals surface area contributed by atoms with Gasteiger partial charge in [0.1, 0.15) is 136 Å². The minimum Gasteiger partial charge on any atom is -0.477 e. The second-order valence-electron chi connectivity index (χ2n) is 36.2. The average Bonchev–Trinajstić information content (AvgIpc) is 0.740. The van der Waals surface area contributed by atoms with Crippen molar-refractivity contribution < 1.29 is 89.2 Å². The minimum atomic E-state index is -3.73. The van der Waals surface area contributed by atoms with E-state index in [4.69, 9.17) is 50.3 Å². The number of carboxylic acids is 1. The molecule has 7 aromatic rings. The fourth-order valence-corrected chi connectivity index (χ4v) is 18.3. The third-order valence-corrected chi connectivity index (χ3v) is 33.3. The summed E-state index contributed by atoms with van der Waals surface area (Å²) in [6.07, 6.45) is 6.50. The van der Waals surface area contributed by atoms with E-state index in [1.807, 2.05) is 76.2 Å². The molecule has 0 unspecified atom stereocenters. The standard InChI is InChI=1S/C20H20FN5O3S.C17H25BrFN3OS.C12H15BrFN3O2S.C12H17FN4O2S.C11H14BrFN2OS.C7H4N2O2.C6H11N.C4H9.Li.H3P/c1-19(2)18(22)26-20(3,11-30(19,28)29)17-14(21)7-5-12(25-17)9-16(27)15-8-6-13(23-4)10-24-15;1-15(2,3)24(23)22-17(6,10-9-16(4,5)11-20)14-12(19)7-8-13(18)21-14;1-11(2)10(15)17-12(3,6-20(11,18)19)9-7(14)4-5-8(13)16-9;1-11(2)10(15)17-12(3,6-20(11,18)19)9-7(13)4-5-8(14)16-9;1-7(15-17(16)11(2,3)4)10-8(13)5-6-9(12)14-10;1-8-5-2-3-6(7(10)11)9-4-5;1-4-6(2,3)5-7;1-3-4-2;;/h5-8,10H,9,11H2,1-3H3,(H2,22,26);7-8,22H,9-10H2,1-6H3;4-5H,6H2,1-3H3,(H2,15,17);4-5H,6H2,1-3H3,(H2,14,16)(H2,15,17);5-6H,1-4H3;2-4H,(H,10,11);4H2,1-3H3;1,3-4H2,2H3;;1H3/q;;;;;;;-1;+1;/t20-;17-,24-;2*12-;17-;;;;;/m11111...../s1/i;;;;;;;;;1T3. The van der Waals surface area contributed by atoms with Crippen LogP contribution in [0.15, 0.2) is 131 Å². The molecule has 3 aliphatic rings. The summed E-state index contributed by atoms with van der Waals surface area (Å²) in [7, 11) is -15.6. The molecule has 135 heavy (non-hydrogen) atoms. The molecule has 0 aromatic carbocycles. The fraction of sp³-hybridized carbons (Fsp3) is 0.483. The predicted octanol–water partition coefficient (Wildman–Crippen LogP) is 14.5. The number of nitrogen functional groups attached to an aromatic ring is 1. The molecule has 0 fully saturated rings. The largest absolute Gasteiger partial charge is 1.00 e. The Labute approximate surface area is 839 Å². The maximum atomic E-state index is 14.6. The number of unbranched alkanes of at least 4 members (excludes halogenated alkanes) is 1. The van der Waals surface area contributed by atoms with E-state index in [2.05, 4.69) is 142 Å². The summed E-state index contributed by atoms with van der Waals surface area (Å²) in [6.45, 7) is 56.4. The maximum absolute atomic E-state index is 14.6. The van der Waals surface area contributed by atoms with Gasteiger partial charge in [0.25, 0.3) is 0 Å². The quantitative estimate of drug-likeness (QED) is 0.00938. The Morgan fingerprint density at radius 3 is 1.30 bits per heavy atom. The number of aromatic nitrogens is 7. The molecule has 6 atom stereocenters. The maximum Gasteiger partial charge on any atom is 1.00 e. The van der Waals surface area contributed by atoms with Crippen LogP contribution in [0.4, 0.5) is 39.1 Å². The summed E-state index contributed by atoms with van der Waals surface area (Å²) >= 11 is 9.57. The van der Waals surface area contributed by atoms with Crippen molar-refractivity contribution in [1.82, 2.24) is 39.6 Å². The Kier molecular flexibility index (Phi) is 43.7. The Bertz CT molecular complexity index is 6110. The number of aromatic carboxylic acids is 1. The van der Waals surface area contributed by atoms with Gasteiger partial charge in [-0.2, -0.15) is 31.1 Å². The first-order valence-corrected chi connectivity index (χ1v) is 50.3. The Balaban J connectivity index is 0.000000815. The van der Waals surface area contributed by atoms with Crippen molar-refractivity contribution in [2.24, 2.45) is 47.4 Å². The van der Waals surface area contributed by atoms with Crippen molar-refractivity contribution >= 4 is 161 Å². The molecule has 3 aliphatic heterocycles. The summed E-state index contributed by atoms with van der Waals surface area (Å²) in [5.41, 5.74) is 18.5. The van der Waals surface area contributed by atoms with Crippen LogP contribution in [0.1, 0.15) is 246 Å². The predicted molar refractivity (Wildman–Crippen MR) is 533 cm³/mol. The van der Waals surface area contributed by atoms with Crippen molar-refractivity contribution in [3.63, 3.8) is 0 Å². The van der Waals surface area contributed by atoms with Gasteiger partial charge in [-0.15, -0.1) is 0 Å². The van der Waals surface area contributed by atoms with Crippen LogP contribution in [0.5, 0.6) is 0 Å². The van der Waals surface area contributed by atoms with Crippen LogP contribution in [0.2, 0.25) is 0 Å². The number of nitrogens with one attached hydrogen (secondary N) is 1. The number of nitrogens with two attached hydrogens (primary N) is 4. The SMILES string of the molecule is CC(=N[S@](=O)C(C)(C)C)c1nc(Br)ccc1F.CC(C)(C#N)CC[C@@](C)(N[S@](=O)C(C)(C)C)c1nc(Br)ccc1F.CC1(C)C(N)=N[C@@](C)(c2nc(Br)ccc2F)CS1(=O)=O.CC1(C)C(N)=N[C@@](C)(c2nc(N)ccc2F)CS1(=O)=O.CCC(C)(C)C#N.[3H]P([3H])[3H].[C-]#[N+]c1ccc(C(=O)Cc2ccc(F)c([C@@]3(C)CS(=O)(=O)C(C)(C)C(N)=N3)n2)nc1.[C-]#[N+]c1ccc(C(=O)O)nc1.[CH2-]CCC.[Li+]. The van der Waals surface area contributed by atoms with E-state index in [-0.39, 0.29) is 117 Å². The van der Waals surface area contributed by atoms with E-state index in [0.29, 0.717) is 43.7 Å². The number of rotatable bonds is 17. The third kappa shape index (κ3) is 34.1. The van der Waals surface area contributed by atoms with Gasteiger partial charge in [-0.25, -0.2) is 94.8 Å². The summed E-state index contributed by atoms with van der Waals surface area (Å²) in [5, 5.41) is 26.0. The van der Waals surface area contributed by atoms with E-state index in [0.717, 1.165) is 25.0 Å². The number of pyridine rings is 7. The second kappa shape index (κ2) is 49.7. The Morgan fingerprint density at radius 1 is 0.578 bits per heavy atom. The first-order chi connectivity index (χ1) is 62.4. The number of carboxylic acid groups (broad SMARTS) is 1. The van der Waals surface area contributed by atoms with E-state index in [9.17, 15) is 70.5 Å². The first kappa shape index (κ1) is 119. The number of sulfone groups is 3. The number of nitrogens with zero attached hydrogens (tertiary/aromatic N) is 15. The molecule has 10 rings (SSSR count). The van der Waals surface area contributed by atoms with Gasteiger partial charge in [0.2, 0.25) is 11.4 Å². The molecule has 0 aliphatic carbocycles. The number of aliphatic imine (C=N–C) groups is 3. The van der Waals surface area contributed by atoms with E-state index in [1.165, 1.54) is 154 Å². The minimum absolute atomic E-state index is 0. The smallest absolute Gasteiger partial charge is 0.477 e. The van der Waals surface area contributed by atoms with Gasteiger partial charge in [0, 0.05) is 18.1 Å². The molecule has 732 valence electrons. The van der Waals surface area contributed by atoms with Gasteiger partial charge in [0.05, 0.1) is 101 Å². The van der Waals surface area contributed by atoms with Crippen molar-refractivity contribution in [2.75, 3.05) is 23.0 Å². The monoisotopic (exact) mass is 2180 g/mol. The molecular formula is C89H118Br3F5LiN20O11PS5. The van der Waals surface area contributed by atoms with Crippen LogP contribution in [-0.4, -0.2) is 153 Å². The number of amidine groups is 3. The number of ketones is 1. The molecule has 0 spiro atoms. The number of carbonyl (C=O) groups excluding carboxylic acids is 1. The number of nitriles is 2. The summed E-state index contributed by atoms with van der Waals surface area (Å²) in [5.74, 6) is -5.69. The number of hydrogen-bond donors (Lipinski definition) is 6. The number of anilines is 1. The van der Waals surface area contributed by atoms with Gasteiger partial charge < -0.3 is 35.0 Å². The van der Waals surface area contributed by atoms with Crippen molar-refractivity contribution in [3.05, 3.63) is 216 Å². The van der Waals surface area contributed by atoms with Crippen molar-refractivity contribution in [1.29, 1.82) is 14.4 Å². The number of Topliss-reactive ketones (excluding diaryl/α,β-unsaturated/α-hetero) is 1. The van der Waals surface area contributed by atoms with Crippen molar-refractivity contribution in [3.8, 4) is 12.1 Å². The molecule has 10 N–H and O–H groups in total. The second-order valence-corrected chi connectivity index (χ2v) is 50.1. The fourth-order valence-electron chi connectivity index (χ4n) is 10.9. The van der Waals surface area contributed by atoms with E-state index >= 15 is 0 Å². The normalized spacial score (nSPS) is 19.7. The van der Waals surface area contributed by atoms with Crippen LogP contribution in [0.3, 0.4) is 0 Å². The molecule has 31 nitrogen and oxygen atoms in total. The Morgan fingerprint density at radius 2 is 0.948 bits per heavy atom.